The second kappa shape index (κ2) is 11.0. The van der Waals surface area contributed by atoms with Crippen LogP contribution in [0.2, 0.25) is 0 Å². The number of rotatable bonds is 10. The smallest absolute Gasteiger partial charge is 0.262 e. The van der Waals surface area contributed by atoms with Crippen LogP contribution in [-0.2, 0) is 21.4 Å². The van der Waals surface area contributed by atoms with Gasteiger partial charge in [0, 0.05) is 25.3 Å². The molecule has 34 heavy (non-hydrogen) atoms. The maximum absolute atomic E-state index is 13.0. The van der Waals surface area contributed by atoms with Gasteiger partial charge in [-0.25, -0.2) is 13.4 Å². The summed E-state index contributed by atoms with van der Waals surface area (Å²) >= 11 is 1.13. The molecule has 8 nitrogen and oxygen atoms in total. The Morgan fingerprint density at radius 1 is 1.21 bits per heavy atom. The summed E-state index contributed by atoms with van der Waals surface area (Å²) < 4.78 is 28.8. The van der Waals surface area contributed by atoms with Crippen molar-refractivity contribution in [2.75, 3.05) is 24.2 Å². The van der Waals surface area contributed by atoms with Crippen LogP contribution in [0.1, 0.15) is 19.4 Å². The monoisotopic (exact) mass is 500 g/mol. The molecule has 1 aromatic heterocycles. The van der Waals surface area contributed by atoms with Crippen LogP contribution >= 0.6 is 11.8 Å². The fraction of sp³-hybridized carbons (Fsp3) is 0.292. The van der Waals surface area contributed by atoms with Gasteiger partial charge in [-0.1, -0.05) is 49.9 Å². The van der Waals surface area contributed by atoms with Crippen LogP contribution in [0.4, 0.5) is 5.69 Å². The van der Waals surface area contributed by atoms with E-state index >= 15 is 0 Å². The van der Waals surface area contributed by atoms with Crippen LogP contribution in [0, 0.1) is 6.92 Å². The minimum atomic E-state index is -3.66. The second-order valence-electron chi connectivity index (χ2n) is 7.52. The number of benzene rings is 2. The van der Waals surface area contributed by atoms with Gasteiger partial charge in [0.2, 0.25) is 15.9 Å². The number of hydrogen-bond acceptors (Lipinski definition) is 6. The highest BCUT2D eigenvalue weighted by Crippen LogP contribution is 2.24. The highest BCUT2D eigenvalue weighted by Gasteiger charge is 2.24. The van der Waals surface area contributed by atoms with Crippen molar-refractivity contribution in [1.29, 1.82) is 0 Å². The summed E-state index contributed by atoms with van der Waals surface area (Å²) in [4.78, 5) is 30.2. The van der Waals surface area contributed by atoms with Crippen molar-refractivity contribution in [3.05, 3.63) is 71.0 Å². The number of anilines is 1. The van der Waals surface area contributed by atoms with E-state index in [1.54, 1.807) is 63.2 Å². The van der Waals surface area contributed by atoms with E-state index in [-0.39, 0.29) is 28.7 Å². The first-order chi connectivity index (χ1) is 16.2. The number of nitrogens with one attached hydrogen (secondary N) is 1. The molecule has 0 spiro atoms. The fourth-order valence-corrected chi connectivity index (χ4v) is 6.05. The van der Waals surface area contributed by atoms with E-state index in [0.29, 0.717) is 40.4 Å². The normalized spacial score (nSPS) is 11.6. The molecule has 0 saturated heterocycles. The standard InChI is InChI=1S/C24H28N4O4S2/c1-5-14-28-23(30)19-10-8-9-11-20(19)26-24(28)33-16-22(29)25-18-13-12-17(4)21(15-18)34(31,32)27(6-2)7-3/h5,8-13,15H,1,6-7,14,16H2,2-4H3,(H,25,29). The molecule has 3 rings (SSSR count). The summed E-state index contributed by atoms with van der Waals surface area (Å²) in [6.45, 7) is 9.98. The number of aryl methyl sites for hydroxylation is 1. The summed E-state index contributed by atoms with van der Waals surface area (Å²) in [5.74, 6) is -0.346. The van der Waals surface area contributed by atoms with Crippen molar-refractivity contribution < 1.29 is 13.2 Å². The van der Waals surface area contributed by atoms with E-state index in [9.17, 15) is 18.0 Å². The Bertz CT molecular complexity index is 1380. The number of amides is 1. The Labute approximate surface area is 203 Å². The van der Waals surface area contributed by atoms with Gasteiger partial charge < -0.3 is 5.32 Å². The molecule has 1 N–H and O–H groups in total. The van der Waals surface area contributed by atoms with Crippen LogP contribution < -0.4 is 10.9 Å². The zero-order valence-electron chi connectivity index (χ0n) is 19.4. The van der Waals surface area contributed by atoms with Gasteiger partial charge in [-0.3, -0.25) is 14.2 Å². The lowest BCUT2D eigenvalue weighted by Gasteiger charge is -2.20. The lowest BCUT2D eigenvalue weighted by Crippen LogP contribution is -2.31. The van der Waals surface area contributed by atoms with Crippen molar-refractivity contribution in [2.45, 2.75) is 37.4 Å². The molecule has 0 aliphatic carbocycles. The van der Waals surface area contributed by atoms with Gasteiger partial charge in [-0.15, -0.1) is 6.58 Å². The first-order valence-electron chi connectivity index (χ1n) is 10.9. The minimum Gasteiger partial charge on any atom is -0.325 e. The molecule has 0 atom stereocenters. The molecule has 2 aromatic carbocycles. The van der Waals surface area contributed by atoms with Gasteiger partial charge in [-0.2, -0.15) is 4.31 Å². The number of sulfonamides is 1. The summed E-state index contributed by atoms with van der Waals surface area (Å²) in [6, 6.07) is 11.9. The Morgan fingerprint density at radius 3 is 2.59 bits per heavy atom. The fourth-order valence-electron chi connectivity index (χ4n) is 3.53. The van der Waals surface area contributed by atoms with Crippen LogP contribution in [-0.4, -0.2) is 47.0 Å². The summed E-state index contributed by atoms with van der Waals surface area (Å²) in [5.41, 5.74) is 1.35. The lowest BCUT2D eigenvalue weighted by molar-refractivity contribution is -0.113. The number of fused-ring (bicyclic) bond motifs is 1. The topological polar surface area (TPSA) is 101 Å². The maximum atomic E-state index is 13.0. The lowest BCUT2D eigenvalue weighted by atomic mass is 10.2. The molecular weight excluding hydrogens is 472 g/mol. The molecule has 10 heteroatoms. The van der Waals surface area contributed by atoms with E-state index < -0.39 is 10.0 Å². The number of hydrogen-bond donors (Lipinski definition) is 1. The molecule has 1 heterocycles. The summed E-state index contributed by atoms with van der Waals surface area (Å²) in [5, 5.41) is 3.66. The van der Waals surface area contributed by atoms with E-state index in [1.807, 2.05) is 0 Å². The molecule has 0 bridgehead atoms. The van der Waals surface area contributed by atoms with Gasteiger partial charge in [0.15, 0.2) is 5.16 Å². The largest absolute Gasteiger partial charge is 0.325 e. The Hall–Kier alpha value is -2.95. The van der Waals surface area contributed by atoms with Crippen LogP contribution in [0.15, 0.2) is 70.0 Å². The van der Waals surface area contributed by atoms with E-state index in [4.69, 9.17) is 0 Å². The summed E-state index contributed by atoms with van der Waals surface area (Å²) in [6.07, 6.45) is 1.60. The number of para-hydroxylation sites is 1. The van der Waals surface area contributed by atoms with Gasteiger partial charge in [0.05, 0.1) is 21.6 Å². The highest BCUT2D eigenvalue weighted by molar-refractivity contribution is 7.99. The van der Waals surface area contributed by atoms with Crippen LogP contribution in [0.5, 0.6) is 0 Å². The van der Waals surface area contributed by atoms with Gasteiger partial charge in [0.25, 0.3) is 5.56 Å². The third kappa shape index (κ3) is 5.40. The molecule has 0 aliphatic heterocycles. The number of carbonyl (C=O) groups is 1. The number of aromatic nitrogens is 2. The van der Waals surface area contributed by atoms with Gasteiger partial charge >= 0.3 is 0 Å². The van der Waals surface area contributed by atoms with Crippen molar-refractivity contribution in [1.82, 2.24) is 13.9 Å². The van der Waals surface area contributed by atoms with Crippen molar-refractivity contribution >= 4 is 44.3 Å². The SMILES string of the molecule is C=CCn1c(SCC(=O)Nc2ccc(C)c(S(=O)(=O)N(CC)CC)c2)nc2ccccc2c1=O. The zero-order chi connectivity index (χ0) is 24.9. The van der Waals surface area contributed by atoms with Crippen LogP contribution in [0.3, 0.4) is 0 Å². The van der Waals surface area contributed by atoms with Crippen molar-refractivity contribution in [2.24, 2.45) is 0 Å². The summed E-state index contributed by atoms with van der Waals surface area (Å²) in [7, 11) is -3.66. The average molecular weight is 501 g/mol. The first kappa shape index (κ1) is 25.7. The van der Waals surface area contributed by atoms with E-state index in [1.165, 1.54) is 14.9 Å². The third-order valence-corrected chi connectivity index (χ3v) is 8.43. The predicted molar refractivity (Wildman–Crippen MR) is 137 cm³/mol. The average Bonchev–Trinajstić information content (AvgIpc) is 2.81. The predicted octanol–water partition coefficient (Wildman–Crippen LogP) is 3.65. The molecule has 3 aromatic rings. The highest BCUT2D eigenvalue weighted by atomic mass is 32.2. The number of thioether (sulfide) groups is 1. The van der Waals surface area contributed by atoms with Gasteiger partial charge in [-0.05, 0) is 36.8 Å². The Balaban J connectivity index is 1.81. The van der Waals surface area contributed by atoms with Crippen LogP contribution in [0.25, 0.3) is 10.9 Å². The Morgan fingerprint density at radius 2 is 1.91 bits per heavy atom. The van der Waals surface area contributed by atoms with E-state index in [2.05, 4.69) is 16.9 Å². The molecule has 1 amide bonds. The molecule has 0 unspecified atom stereocenters. The quantitative estimate of drug-likeness (QED) is 0.259. The molecule has 0 radical (unpaired) electrons. The molecule has 0 saturated carbocycles. The van der Waals surface area contributed by atoms with Crippen molar-refractivity contribution in [3.8, 4) is 0 Å². The maximum Gasteiger partial charge on any atom is 0.262 e. The molecule has 0 aliphatic rings. The number of nitrogens with zero attached hydrogens (tertiary/aromatic N) is 3. The number of carbonyl (C=O) groups excluding carboxylic acids is 1. The van der Waals surface area contributed by atoms with E-state index in [0.717, 1.165) is 11.8 Å². The molecule has 180 valence electrons. The molecular formula is C24H28N4O4S2. The van der Waals surface area contributed by atoms with Crippen molar-refractivity contribution in [3.63, 3.8) is 0 Å². The zero-order valence-corrected chi connectivity index (χ0v) is 21.1. The Kier molecular flexibility index (Phi) is 8.29. The third-order valence-electron chi connectivity index (χ3n) is 5.27. The van der Waals surface area contributed by atoms with Gasteiger partial charge in [0.1, 0.15) is 0 Å². The molecule has 0 fully saturated rings. The first-order valence-corrected chi connectivity index (χ1v) is 13.3. The number of allylic oxidation sites excluding steroid dienone is 1. The second-order valence-corrected chi connectivity index (χ2v) is 10.4. The minimum absolute atomic E-state index is 0.00602.